The van der Waals surface area contributed by atoms with Crippen LogP contribution in [0.1, 0.15) is 35.7 Å². The van der Waals surface area contributed by atoms with Crippen LogP contribution >= 0.6 is 24.0 Å². The average Bonchev–Trinajstić information content (AvgIpc) is 2.69. The molecule has 8 heteroatoms. The number of guanidine groups is 1. The molecule has 1 aromatic rings. The lowest BCUT2D eigenvalue weighted by atomic mass is 9.99. The number of carbonyl (C=O) groups is 2. The molecule has 2 aliphatic rings. The SMILES string of the molecule is CN=C(NCc1ccc(C(=O)N2CCNC(=O)C2)cc1)N1CCC(C)CC1.I. The maximum atomic E-state index is 12.5. The lowest BCUT2D eigenvalue weighted by Crippen LogP contribution is -2.49. The Balaban J connectivity index is 0.00000280. The van der Waals surface area contributed by atoms with Crippen molar-refractivity contribution in [2.24, 2.45) is 10.9 Å². The molecule has 154 valence electrons. The first-order valence-electron chi connectivity index (χ1n) is 9.67. The first-order valence-corrected chi connectivity index (χ1v) is 9.67. The van der Waals surface area contributed by atoms with Crippen molar-refractivity contribution in [3.05, 3.63) is 35.4 Å². The molecule has 0 unspecified atom stereocenters. The number of halogens is 1. The van der Waals surface area contributed by atoms with Crippen molar-refractivity contribution in [3.8, 4) is 0 Å². The normalized spacial score (nSPS) is 18.4. The Labute approximate surface area is 184 Å². The minimum atomic E-state index is -0.103. The summed E-state index contributed by atoms with van der Waals surface area (Å²) >= 11 is 0. The molecule has 2 heterocycles. The summed E-state index contributed by atoms with van der Waals surface area (Å²) in [5.41, 5.74) is 1.71. The third-order valence-corrected chi connectivity index (χ3v) is 5.27. The Bertz CT molecular complexity index is 699. The number of hydrogen-bond donors (Lipinski definition) is 2. The molecule has 0 aromatic heterocycles. The second-order valence-corrected chi connectivity index (χ2v) is 7.34. The van der Waals surface area contributed by atoms with E-state index >= 15 is 0 Å². The first kappa shape index (κ1) is 22.4. The van der Waals surface area contributed by atoms with Crippen LogP contribution in [0.3, 0.4) is 0 Å². The van der Waals surface area contributed by atoms with Crippen molar-refractivity contribution in [1.29, 1.82) is 0 Å². The molecular weight excluding hydrogens is 469 g/mol. The molecule has 7 nitrogen and oxygen atoms in total. The lowest BCUT2D eigenvalue weighted by molar-refractivity contribution is -0.123. The van der Waals surface area contributed by atoms with Crippen LogP contribution in [0.25, 0.3) is 0 Å². The summed E-state index contributed by atoms with van der Waals surface area (Å²) in [6.07, 6.45) is 2.40. The van der Waals surface area contributed by atoms with E-state index in [4.69, 9.17) is 0 Å². The van der Waals surface area contributed by atoms with Gasteiger partial charge in [-0.25, -0.2) is 0 Å². The minimum absolute atomic E-state index is 0. The van der Waals surface area contributed by atoms with Crippen LogP contribution in [0.4, 0.5) is 0 Å². The average molecular weight is 499 g/mol. The third kappa shape index (κ3) is 5.83. The van der Waals surface area contributed by atoms with Gasteiger partial charge in [-0.15, -0.1) is 24.0 Å². The quantitative estimate of drug-likeness (QED) is 0.377. The monoisotopic (exact) mass is 499 g/mol. The number of piperidine rings is 1. The highest BCUT2D eigenvalue weighted by molar-refractivity contribution is 14.0. The van der Waals surface area contributed by atoms with Gasteiger partial charge in [-0.2, -0.15) is 0 Å². The molecule has 0 radical (unpaired) electrons. The Morgan fingerprint density at radius 3 is 2.46 bits per heavy atom. The van der Waals surface area contributed by atoms with Crippen molar-refractivity contribution in [3.63, 3.8) is 0 Å². The maximum Gasteiger partial charge on any atom is 0.254 e. The van der Waals surface area contributed by atoms with Crippen molar-refractivity contribution >= 4 is 41.8 Å². The zero-order chi connectivity index (χ0) is 19.2. The molecule has 0 spiro atoms. The fraction of sp³-hybridized carbons (Fsp3) is 0.550. The molecule has 2 N–H and O–H groups in total. The van der Waals surface area contributed by atoms with Crippen molar-refractivity contribution < 1.29 is 9.59 Å². The molecule has 0 saturated carbocycles. The predicted octanol–water partition coefficient (Wildman–Crippen LogP) is 1.68. The zero-order valence-corrected chi connectivity index (χ0v) is 18.9. The van der Waals surface area contributed by atoms with E-state index < -0.39 is 0 Å². The fourth-order valence-electron chi connectivity index (χ4n) is 3.49. The second kappa shape index (κ2) is 10.6. The van der Waals surface area contributed by atoms with E-state index in [1.807, 2.05) is 31.3 Å². The van der Waals surface area contributed by atoms with E-state index in [9.17, 15) is 9.59 Å². The number of nitrogens with one attached hydrogen (secondary N) is 2. The summed E-state index contributed by atoms with van der Waals surface area (Å²) in [4.78, 5) is 32.3. The Kier molecular flexibility index (Phi) is 8.53. The van der Waals surface area contributed by atoms with E-state index in [1.165, 1.54) is 12.8 Å². The number of likely N-dealkylation sites (tertiary alicyclic amines) is 1. The molecule has 0 atom stereocenters. The summed E-state index contributed by atoms with van der Waals surface area (Å²) in [5.74, 6) is 1.52. The smallest absolute Gasteiger partial charge is 0.254 e. The summed E-state index contributed by atoms with van der Waals surface area (Å²) in [7, 11) is 1.82. The summed E-state index contributed by atoms with van der Waals surface area (Å²) in [6.45, 7) is 6.24. The Morgan fingerprint density at radius 1 is 1.18 bits per heavy atom. The number of nitrogens with zero attached hydrogens (tertiary/aromatic N) is 3. The number of hydrogen-bond acceptors (Lipinski definition) is 3. The van der Waals surface area contributed by atoms with Crippen molar-refractivity contribution in [1.82, 2.24) is 20.4 Å². The van der Waals surface area contributed by atoms with Crippen LogP contribution in [0.2, 0.25) is 0 Å². The van der Waals surface area contributed by atoms with E-state index in [-0.39, 0.29) is 42.3 Å². The number of amides is 2. The van der Waals surface area contributed by atoms with Gasteiger partial charge >= 0.3 is 0 Å². The fourth-order valence-corrected chi connectivity index (χ4v) is 3.49. The number of carbonyl (C=O) groups excluding carboxylic acids is 2. The van der Waals surface area contributed by atoms with Crippen LogP contribution in [0.15, 0.2) is 29.3 Å². The van der Waals surface area contributed by atoms with Gasteiger partial charge < -0.3 is 20.4 Å². The number of piperazine rings is 1. The highest BCUT2D eigenvalue weighted by Crippen LogP contribution is 2.16. The number of rotatable bonds is 3. The molecule has 2 saturated heterocycles. The predicted molar refractivity (Wildman–Crippen MR) is 121 cm³/mol. The molecule has 0 aliphatic carbocycles. The standard InChI is InChI=1S/C20H29N5O2.HI/c1-15-7-10-24(11-8-15)20(21-2)23-13-16-3-5-17(6-4-16)19(27)25-12-9-22-18(26)14-25;/h3-6,15H,7-14H2,1-2H3,(H,21,23)(H,22,26);1H. The van der Waals surface area contributed by atoms with Gasteiger partial charge in [0.2, 0.25) is 5.91 Å². The number of benzene rings is 1. The molecular formula is C20H30IN5O2. The highest BCUT2D eigenvalue weighted by Gasteiger charge is 2.22. The van der Waals surface area contributed by atoms with Gasteiger partial charge in [-0.1, -0.05) is 19.1 Å². The van der Waals surface area contributed by atoms with Crippen molar-refractivity contribution in [2.45, 2.75) is 26.3 Å². The Morgan fingerprint density at radius 2 is 1.86 bits per heavy atom. The maximum absolute atomic E-state index is 12.5. The highest BCUT2D eigenvalue weighted by atomic mass is 127. The van der Waals surface area contributed by atoms with Gasteiger partial charge in [-0.3, -0.25) is 14.6 Å². The first-order chi connectivity index (χ1) is 13.1. The molecule has 0 bridgehead atoms. The molecule has 2 fully saturated rings. The number of aliphatic imine (C=N–C) groups is 1. The van der Waals surface area contributed by atoms with Crippen LogP contribution in [-0.4, -0.2) is 67.3 Å². The van der Waals surface area contributed by atoms with Gasteiger partial charge in [0.15, 0.2) is 5.96 Å². The second-order valence-electron chi connectivity index (χ2n) is 7.34. The van der Waals surface area contributed by atoms with Crippen molar-refractivity contribution in [2.75, 3.05) is 39.8 Å². The van der Waals surface area contributed by atoms with E-state index in [1.54, 1.807) is 4.90 Å². The molecule has 28 heavy (non-hydrogen) atoms. The van der Waals surface area contributed by atoms with Gasteiger partial charge in [0.1, 0.15) is 0 Å². The van der Waals surface area contributed by atoms with Gasteiger partial charge in [0, 0.05) is 45.3 Å². The minimum Gasteiger partial charge on any atom is -0.353 e. The topological polar surface area (TPSA) is 77.0 Å². The largest absolute Gasteiger partial charge is 0.353 e. The summed E-state index contributed by atoms with van der Waals surface area (Å²) in [6, 6.07) is 7.57. The van der Waals surface area contributed by atoms with Crippen LogP contribution < -0.4 is 10.6 Å². The van der Waals surface area contributed by atoms with Crippen LogP contribution in [0.5, 0.6) is 0 Å². The summed E-state index contributed by atoms with van der Waals surface area (Å²) in [5, 5.41) is 6.15. The van der Waals surface area contributed by atoms with Gasteiger partial charge in [0.05, 0.1) is 6.54 Å². The molecule has 2 amide bonds. The Hall–Kier alpha value is -1.84. The van der Waals surface area contributed by atoms with E-state index in [0.717, 1.165) is 30.5 Å². The molecule has 1 aromatic carbocycles. The molecule has 2 aliphatic heterocycles. The van der Waals surface area contributed by atoms with Gasteiger partial charge in [0.25, 0.3) is 5.91 Å². The third-order valence-electron chi connectivity index (χ3n) is 5.27. The van der Waals surface area contributed by atoms with Crippen LogP contribution in [-0.2, 0) is 11.3 Å². The zero-order valence-electron chi connectivity index (χ0n) is 16.6. The van der Waals surface area contributed by atoms with E-state index in [0.29, 0.717) is 25.2 Å². The van der Waals surface area contributed by atoms with Gasteiger partial charge in [-0.05, 0) is 36.5 Å². The van der Waals surface area contributed by atoms with Crippen LogP contribution in [0, 0.1) is 5.92 Å². The molecule has 3 rings (SSSR count). The summed E-state index contributed by atoms with van der Waals surface area (Å²) < 4.78 is 0. The van der Waals surface area contributed by atoms with E-state index in [2.05, 4.69) is 27.4 Å². The lowest BCUT2D eigenvalue weighted by Gasteiger charge is -2.33.